The number of fused-ring (bicyclic) bond motifs is 2. The second kappa shape index (κ2) is 9.95. The number of rotatable bonds is 4. The van der Waals surface area contributed by atoms with Gasteiger partial charge in [0, 0.05) is 54.4 Å². The SMILES string of the molecule is C[C@@H]1OCC2(CCN(c3ncc(Sc4ccnc5cccnc45)c4nccn34)CC2)[C@@H]1NC(=O)OC(C)(C)C. The van der Waals surface area contributed by atoms with E-state index >= 15 is 0 Å². The lowest BCUT2D eigenvalue weighted by Gasteiger charge is -2.43. The van der Waals surface area contributed by atoms with Crippen LogP contribution in [0.4, 0.5) is 10.7 Å². The van der Waals surface area contributed by atoms with Crippen LogP contribution in [0.5, 0.6) is 0 Å². The molecule has 39 heavy (non-hydrogen) atoms. The van der Waals surface area contributed by atoms with E-state index in [1.165, 1.54) is 0 Å². The van der Waals surface area contributed by atoms with Crippen LogP contribution in [0, 0.1) is 5.41 Å². The number of anilines is 1. The van der Waals surface area contributed by atoms with Gasteiger partial charge in [0.2, 0.25) is 5.95 Å². The lowest BCUT2D eigenvalue weighted by molar-refractivity contribution is 0.0434. The number of nitrogens with one attached hydrogen (secondary N) is 1. The van der Waals surface area contributed by atoms with Crippen molar-refractivity contribution in [2.24, 2.45) is 5.41 Å². The average molecular weight is 548 g/mol. The van der Waals surface area contributed by atoms with Crippen molar-refractivity contribution >= 4 is 40.5 Å². The molecule has 10 nitrogen and oxygen atoms in total. The predicted molar refractivity (Wildman–Crippen MR) is 149 cm³/mol. The Balaban J connectivity index is 1.20. The van der Waals surface area contributed by atoms with Crippen LogP contribution in [0.2, 0.25) is 0 Å². The van der Waals surface area contributed by atoms with Crippen molar-refractivity contribution in [2.45, 2.75) is 68.1 Å². The summed E-state index contributed by atoms with van der Waals surface area (Å²) in [6.45, 7) is 9.87. The molecule has 0 bridgehead atoms. The average Bonchev–Trinajstić information content (AvgIpc) is 3.51. The van der Waals surface area contributed by atoms with Gasteiger partial charge in [-0.3, -0.25) is 14.4 Å². The summed E-state index contributed by atoms with van der Waals surface area (Å²) in [5, 5.41) is 3.12. The van der Waals surface area contributed by atoms with Crippen molar-refractivity contribution in [1.82, 2.24) is 29.7 Å². The van der Waals surface area contributed by atoms with Gasteiger partial charge in [-0.1, -0.05) is 11.8 Å². The van der Waals surface area contributed by atoms with Crippen molar-refractivity contribution in [2.75, 3.05) is 24.6 Å². The Bertz CT molecular complexity index is 1500. The van der Waals surface area contributed by atoms with Crippen molar-refractivity contribution in [1.29, 1.82) is 0 Å². The number of alkyl carbamates (subject to hydrolysis) is 1. The molecule has 1 amide bonds. The number of hydrogen-bond donors (Lipinski definition) is 1. The van der Waals surface area contributed by atoms with E-state index in [1.807, 2.05) is 64.5 Å². The van der Waals surface area contributed by atoms with Crippen LogP contribution in [-0.4, -0.2) is 67.9 Å². The highest BCUT2D eigenvalue weighted by Gasteiger charge is 2.50. The monoisotopic (exact) mass is 547 g/mol. The van der Waals surface area contributed by atoms with Gasteiger partial charge < -0.3 is 19.7 Å². The summed E-state index contributed by atoms with van der Waals surface area (Å²) in [6.07, 6.45) is 10.6. The highest BCUT2D eigenvalue weighted by Crippen LogP contribution is 2.43. The van der Waals surface area contributed by atoms with Crippen LogP contribution in [0.1, 0.15) is 40.5 Å². The van der Waals surface area contributed by atoms with Gasteiger partial charge in [0.05, 0.1) is 29.2 Å². The van der Waals surface area contributed by atoms with E-state index in [0.29, 0.717) is 6.61 Å². The molecule has 11 heteroatoms. The molecule has 2 aliphatic rings. The second-order valence-corrected chi connectivity index (χ2v) is 12.4. The van der Waals surface area contributed by atoms with Gasteiger partial charge >= 0.3 is 6.09 Å². The van der Waals surface area contributed by atoms with E-state index in [1.54, 1.807) is 24.2 Å². The molecule has 0 unspecified atom stereocenters. The van der Waals surface area contributed by atoms with E-state index in [2.05, 4.69) is 29.6 Å². The van der Waals surface area contributed by atoms with Gasteiger partial charge in [-0.25, -0.2) is 14.8 Å². The first-order valence-corrected chi connectivity index (χ1v) is 14.1. The lowest BCUT2D eigenvalue weighted by Crippen LogP contribution is -2.55. The molecule has 4 aromatic rings. The van der Waals surface area contributed by atoms with Crippen LogP contribution in [0.3, 0.4) is 0 Å². The second-order valence-electron chi connectivity index (χ2n) is 11.3. The zero-order chi connectivity index (χ0) is 27.2. The molecular formula is C28H33N7O3S. The third kappa shape index (κ3) is 5.00. The quantitative estimate of drug-likeness (QED) is 0.388. The molecule has 0 aromatic carbocycles. The van der Waals surface area contributed by atoms with Gasteiger partial charge in [-0.2, -0.15) is 0 Å². The van der Waals surface area contributed by atoms with Crippen molar-refractivity contribution in [3.05, 3.63) is 49.2 Å². The molecule has 1 spiro atoms. The lowest BCUT2D eigenvalue weighted by atomic mass is 9.73. The van der Waals surface area contributed by atoms with Crippen LogP contribution in [0.25, 0.3) is 16.7 Å². The van der Waals surface area contributed by atoms with E-state index in [4.69, 9.17) is 14.5 Å². The molecule has 6 heterocycles. The third-order valence-corrected chi connectivity index (χ3v) is 8.59. The fourth-order valence-electron chi connectivity index (χ4n) is 5.64. The normalized spacial score (nSPS) is 21.1. The van der Waals surface area contributed by atoms with E-state index in [-0.39, 0.29) is 17.6 Å². The Morgan fingerprint density at radius 1 is 1.10 bits per heavy atom. The maximum absolute atomic E-state index is 12.6. The number of imidazole rings is 1. The molecule has 204 valence electrons. The van der Waals surface area contributed by atoms with Crippen molar-refractivity contribution in [3.8, 4) is 0 Å². The number of nitrogens with zero attached hydrogens (tertiary/aromatic N) is 6. The molecular weight excluding hydrogens is 514 g/mol. The van der Waals surface area contributed by atoms with Gasteiger partial charge in [0.1, 0.15) is 11.1 Å². The Labute approximate surface area is 231 Å². The highest BCUT2D eigenvalue weighted by molar-refractivity contribution is 7.99. The van der Waals surface area contributed by atoms with Crippen molar-refractivity contribution in [3.63, 3.8) is 0 Å². The smallest absolute Gasteiger partial charge is 0.407 e. The molecule has 0 aliphatic carbocycles. The Hall–Kier alpha value is -3.44. The van der Waals surface area contributed by atoms with Gasteiger partial charge in [0.15, 0.2) is 5.65 Å². The van der Waals surface area contributed by atoms with Gasteiger partial charge in [0.25, 0.3) is 0 Å². The molecule has 2 fully saturated rings. The first-order valence-electron chi connectivity index (χ1n) is 13.3. The molecule has 1 N–H and O–H groups in total. The summed E-state index contributed by atoms with van der Waals surface area (Å²) in [6, 6.07) is 5.73. The fourth-order valence-corrected chi connectivity index (χ4v) is 6.61. The first-order chi connectivity index (χ1) is 18.7. The van der Waals surface area contributed by atoms with Crippen LogP contribution >= 0.6 is 11.8 Å². The predicted octanol–water partition coefficient (Wildman–Crippen LogP) is 4.72. The Morgan fingerprint density at radius 3 is 2.72 bits per heavy atom. The van der Waals surface area contributed by atoms with E-state index in [9.17, 15) is 4.79 Å². The number of carbonyl (C=O) groups excluding carboxylic acids is 1. The van der Waals surface area contributed by atoms with Crippen molar-refractivity contribution < 1.29 is 14.3 Å². The number of pyridine rings is 2. The summed E-state index contributed by atoms with van der Waals surface area (Å²) in [7, 11) is 0. The topological polar surface area (TPSA) is 107 Å². The minimum atomic E-state index is -0.545. The van der Waals surface area contributed by atoms with Crippen LogP contribution in [-0.2, 0) is 9.47 Å². The number of amides is 1. The van der Waals surface area contributed by atoms with Crippen LogP contribution < -0.4 is 10.2 Å². The number of piperidine rings is 1. The summed E-state index contributed by atoms with van der Waals surface area (Å²) in [4.78, 5) is 35.4. The number of hydrogen-bond acceptors (Lipinski definition) is 9. The molecule has 0 radical (unpaired) electrons. The zero-order valence-electron chi connectivity index (χ0n) is 22.6. The fraction of sp³-hybridized carbons (Fsp3) is 0.464. The van der Waals surface area contributed by atoms with E-state index < -0.39 is 11.7 Å². The summed E-state index contributed by atoms with van der Waals surface area (Å²) < 4.78 is 13.7. The largest absolute Gasteiger partial charge is 0.444 e. The zero-order valence-corrected chi connectivity index (χ0v) is 23.4. The summed E-state index contributed by atoms with van der Waals surface area (Å²) in [5.74, 6) is 0.864. The Morgan fingerprint density at radius 2 is 1.92 bits per heavy atom. The minimum Gasteiger partial charge on any atom is -0.444 e. The molecule has 2 saturated heterocycles. The van der Waals surface area contributed by atoms with E-state index in [0.717, 1.165) is 58.4 Å². The molecule has 2 aliphatic heterocycles. The number of carbonyl (C=O) groups is 1. The van der Waals surface area contributed by atoms with Crippen LogP contribution in [0.15, 0.2) is 59.0 Å². The maximum atomic E-state index is 12.6. The molecule has 4 aromatic heterocycles. The highest BCUT2D eigenvalue weighted by atomic mass is 32.2. The Kier molecular flexibility index (Phi) is 6.58. The number of aromatic nitrogens is 5. The maximum Gasteiger partial charge on any atom is 0.407 e. The number of ether oxygens (including phenoxy) is 2. The summed E-state index contributed by atoms with van der Waals surface area (Å²) in [5.41, 5.74) is 1.90. The minimum absolute atomic E-state index is 0.0717. The summed E-state index contributed by atoms with van der Waals surface area (Å²) >= 11 is 1.60. The standard InChI is InChI=1S/C28H33N7O3S/c1-18-23(33-26(36)38-27(2,3)4)28(17-37-18)8-13-34(14-9-28)25-32-16-21(24-31-12-15-35(24)25)39-20-7-11-29-19-6-5-10-30-22(19)20/h5-7,10-12,15-16,18,23H,8-9,13-14,17H2,1-4H3,(H,33,36)/t18-,23+/m0/s1. The van der Waals surface area contributed by atoms with Gasteiger partial charge in [-0.15, -0.1) is 0 Å². The molecule has 2 atom stereocenters. The first kappa shape index (κ1) is 25.8. The van der Waals surface area contributed by atoms with Gasteiger partial charge in [-0.05, 0) is 58.7 Å². The molecule has 6 rings (SSSR count). The third-order valence-electron chi connectivity index (χ3n) is 7.53. The molecule has 0 saturated carbocycles.